The lowest BCUT2D eigenvalue weighted by Crippen LogP contribution is -2.27. The second-order valence-corrected chi connectivity index (χ2v) is 4.71. The van der Waals surface area contributed by atoms with Gasteiger partial charge in [-0.2, -0.15) is 0 Å². The molecule has 0 spiro atoms. The zero-order valence-corrected chi connectivity index (χ0v) is 10.5. The van der Waals surface area contributed by atoms with Crippen LogP contribution in [0.4, 0.5) is 4.39 Å². The zero-order valence-electron chi connectivity index (χ0n) is 8.87. The Labute approximate surface area is 97.8 Å². The van der Waals surface area contributed by atoms with Crippen molar-refractivity contribution in [3.8, 4) is 0 Å². The Morgan fingerprint density at radius 2 is 2.13 bits per heavy atom. The van der Waals surface area contributed by atoms with Crippen molar-refractivity contribution in [3.63, 3.8) is 0 Å². The van der Waals surface area contributed by atoms with E-state index in [0.717, 1.165) is 5.56 Å². The zero-order chi connectivity index (χ0) is 11.4. The number of likely N-dealkylation sites (N-methyl/N-ethyl adjacent to an activating group) is 1. The van der Waals surface area contributed by atoms with Crippen LogP contribution in [-0.2, 0) is 6.42 Å². The van der Waals surface area contributed by atoms with Crippen LogP contribution in [0.1, 0.15) is 5.56 Å². The lowest BCUT2D eigenvalue weighted by atomic mass is 10.1. The van der Waals surface area contributed by atoms with Gasteiger partial charge < -0.3 is 10.0 Å². The van der Waals surface area contributed by atoms with E-state index in [-0.39, 0.29) is 5.82 Å². The minimum atomic E-state index is -0.429. The molecule has 1 aromatic rings. The molecule has 15 heavy (non-hydrogen) atoms. The highest BCUT2D eigenvalue weighted by Gasteiger charge is 2.09. The highest BCUT2D eigenvalue weighted by molar-refractivity contribution is 9.10. The average molecular weight is 276 g/mol. The van der Waals surface area contributed by atoms with E-state index in [1.54, 1.807) is 6.07 Å². The Balaban J connectivity index is 2.64. The fourth-order valence-corrected chi connectivity index (χ4v) is 1.94. The van der Waals surface area contributed by atoms with Crippen molar-refractivity contribution in [3.05, 3.63) is 34.1 Å². The molecule has 84 valence electrons. The van der Waals surface area contributed by atoms with E-state index in [1.807, 2.05) is 19.0 Å². The van der Waals surface area contributed by atoms with E-state index < -0.39 is 6.10 Å². The van der Waals surface area contributed by atoms with E-state index in [1.165, 1.54) is 12.1 Å². The molecule has 0 amide bonds. The molecule has 0 radical (unpaired) electrons. The van der Waals surface area contributed by atoms with Gasteiger partial charge in [0.1, 0.15) is 5.82 Å². The molecule has 1 unspecified atom stereocenters. The molecule has 0 aromatic heterocycles. The summed E-state index contributed by atoms with van der Waals surface area (Å²) in [6, 6.07) is 4.51. The smallest absolute Gasteiger partial charge is 0.124 e. The molecule has 1 aromatic carbocycles. The lowest BCUT2D eigenvalue weighted by Gasteiger charge is -2.16. The first-order valence-corrected chi connectivity index (χ1v) is 5.55. The number of nitrogens with zero attached hydrogens (tertiary/aromatic N) is 1. The summed E-state index contributed by atoms with van der Waals surface area (Å²) in [5, 5.41) is 9.71. The summed E-state index contributed by atoms with van der Waals surface area (Å²) < 4.78 is 13.5. The summed E-state index contributed by atoms with van der Waals surface area (Å²) in [5.74, 6) is -0.271. The monoisotopic (exact) mass is 275 g/mol. The molecule has 0 aliphatic carbocycles. The van der Waals surface area contributed by atoms with Crippen LogP contribution in [-0.4, -0.2) is 36.8 Å². The van der Waals surface area contributed by atoms with Crippen LogP contribution in [0, 0.1) is 5.82 Å². The highest BCUT2D eigenvalue weighted by atomic mass is 79.9. The molecule has 2 nitrogen and oxygen atoms in total. The average Bonchev–Trinajstić information content (AvgIpc) is 2.08. The quantitative estimate of drug-likeness (QED) is 0.909. The summed E-state index contributed by atoms with van der Waals surface area (Å²) in [5.41, 5.74) is 0.922. The van der Waals surface area contributed by atoms with E-state index in [9.17, 15) is 9.50 Å². The van der Waals surface area contributed by atoms with Crippen molar-refractivity contribution >= 4 is 15.9 Å². The molecule has 4 heteroatoms. The van der Waals surface area contributed by atoms with Gasteiger partial charge in [0, 0.05) is 17.4 Å². The van der Waals surface area contributed by atoms with Crippen LogP contribution in [0.25, 0.3) is 0 Å². The molecule has 0 bridgehead atoms. The van der Waals surface area contributed by atoms with Gasteiger partial charge in [0.2, 0.25) is 0 Å². The summed E-state index contributed by atoms with van der Waals surface area (Å²) in [4.78, 5) is 1.92. The van der Waals surface area contributed by atoms with E-state index >= 15 is 0 Å². The predicted molar refractivity (Wildman–Crippen MR) is 62.4 cm³/mol. The van der Waals surface area contributed by atoms with Gasteiger partial charge in [-0.05, 0) is 31.8 Å². The summed E-state index contributed by atoms with van der Waals surface area (Å²) in [6.45, 7) is 0.601. The molecular formula is C11H15BrFNO. The van der Waals surface area contributed by atoms with Gasteiger partial charge in [0.15, 0.2) is 0 Å². The molecule has 1 N–H and O–H groups in total. The van der Waals surface area contributed by atoms with Crippen LogP contribution >= 0.6 is 15.9 Å². The van der Waals surface area contributed by atoms with Gasteiger partial charge in [-0.15, -0.1) is 0 Å². The summed E-state index contributed by atoms with van der Waals surface area (Å²) >= 11 is 3.28. The molecule has 1 atom stereocenters. The standard InChI is InChI=1S/C11H15BrFNO/c1-14(2)7-10(15)5-8-3-4-9(13)6-11(8)12/h3-4,6,10,15H,5,7H2,1-2H3. The second kappa shape index (κ2) is 5.58. The largest absolute Gasteiger partial charge is 0.391 e. The van der Waals surface area contributed by atoms with E-state index in [4.69, 9.17) is 0 Å². The molecular weight excluding hydrogens is 261 g/mol. The molecule has 0 heterocycles. The van der Waals surface area contributed by atoms with Gasteiger partial charge in [0.25, 0.3) is 0 Å². The van der Waals surface area contributed by atoms with Crippen molar-refractivity contribution < 1.29 is 9.50 Å². The molecule has 1 rings (SSSR count). The van der Waals surface area contributed by atoms with E-state index in [2.05, 4.69) is 15.9 Å². The Bertz CT molecular complexity index is 330. The number of aliphatic hydroxyl groups is 1. The second-order valence-electron chi connectivity index (χ2n) is 3.86. The molecule has 0 aliphatic rings. The van der Waals surface area contributed by atoms with Gasteiger partial charge in [-0.1, -0.05) is 22.0 Å². The number of aliphatic hydroxyl groups excluding tert-OH is 1. The summed E-state index contributed by atoms with van der Waals surface area (Å²) in [7, 11) is 3.81. The molecule has 0 fully saturated rings. The van der Waals surface area contributed by atoms with Gasteiger partial charge in [-0.3, -0.25) is 0 Å². The van der Waals surface area contributed by atoms with Gasteiger partial charge in [-0.25, -0.2) is 4.39 Å². The third kappa shape index (κ3) is 4.28. The predicted octanol–water partition coefficient (Wildman–Crippen LogP) is 2.05. The first-order chi connectivity index (χ1) is 6.99. The third-order valence-electron chi connectivity index (χ3n) is 2.05. The Kier molecular flexibility index (Phi) is 4.70. The van der Waals surface area contributed by atoms with Crippen LogP contribution < -0.4 is 0 Å². The Morgan fingerprint density at radius 1 is 1.47 bits per heavy atom. The van der Waals surface area contributed by atoms with Crippen molar-refractivity contribution in [1.29, 1.82) is 0 Å². The van der Waals surface area contributed by atoms with Crippen LogP contribution in [0.15, 0.2) is 22.7 Å². The maximum Gasteiger partial charge on any atom is 0.124 e. The molecule has 0 aliphatic heterocycles. The van der Waals surface area contributed by atoms with Gasteiger partial charge >= 0.3 is 0 Å². The summed E-state index contributed by atoms with van der Waals surface area (Å²) in [6.07, 6.45) is 0.0979. The minimum absolute atomic E-state index is 0.271. The highest BCUT2D eigenvalue weighted by Crippen LogP contribution is 2.19. The fourth-order valence-electron chi connectivity index (χ4n) is 1.43. The first-order valence-electron chi connectivity index (χ1n) is 4.75. The van der Waals surface area contributed by atoms with Crippen LogP contribution in [0.3, 0.4) is 0 Å². The van der Waals surface area contributed by atoms with Crippen molar-refractivity contribution in [2.75, 3.05) is 20.6 Å². The number of hydrogen-bond acceptors (Lipinski definition) is 2. The van der Waals surface area contributed by atoms with Gasteiger partial charge in [0.05, 0.1) is 6.10 Å². The first kappa shape index (κ1) is 12.6. The lowest BCUT2D eigenvalue weighted by molar-refractivity contribution is 0.137. The Morgan fingerprint density at radius 3 is 2.67 bits per heavy atom. The molecule has 0 saturated heterocycles. The molecule has 0 saturated carbocycles. The van der Waals surface area contributed by atoms with Crippen LogP contribution in [0.5, 0.6) is 0 Å². The SMILES string of the molecule is CN(C)CC(O)Cc1ccc(F)cc1Br. The normalized spacial score (nSPS) is 13.2. The van der Waals surface area contributed by atoms with Crippen molar-refractivity contribution in [2.45, 2.75) is 12.5 Å². The fraction of sp³-hybridized carbons (Fsp3) is 0.455. The maximum atomic E-state index is 12.8. The van der Waals surface area contributed by atoms with Crippen LogP contribution in [0.2, 0.25) is 0 Å². The Hall–Kier alpha value is -0.450. The van der Waals surface area contributed by atoms with Crippen molar-refractivity contribution in [1.82, 2.24) is 4.90 Å². The third-order valence-corrected chi connectivity index (χ3v) is 2.78. The number of rotatable bonds is 4. The van der Waals surface area contributed by atoms with Crippen molar-refractivity contribution in [2.24, 2.45) is 0 Å². The van der Waals surface area contributed by atoms with E-state index in [0.29, 0.717) is 17.4 Å². The number of halogens is 2. The maximum absolute atomic E-state index is 12.8. The minimum Gasteiger partial charge on any atom is -0.391 e. The topological polar surface area (TPSA) is 23.5 Å². The number of benzene rings is 1. The number of hydrogen-bond donors (Lipinski definition) is 1.